The Morgan fingerprint density at radius 3 is 2.64 bits per heavy atom. The molecule has 1 unspecified atom stereocenters. The molecule has 7 heteroatoms. The number of benzene rings is 2. The third kappa shape index (κ3) is 5.92. The van der Waals surface area contributed by atoms with Crippen LogP contribution in [0.25, 0.3) is 11.5 Å². The first-order chi connectivity index (χ1) is 16.2. The molecule has 0 radical (unpaired) electrons. The SMILES string of the molecule is CCc1noc(-c2ccc(CCNC(=NC)NC(C)c3cccc(N4CCCC4)c3)cc2)n1. The number of guanidine groups is 1. The molecule has 0 bridgehead atoms. The topological polar surface area (TPSA) is 78.6 Å². The number of hydrogen-bond acceptors (Lipinski definition) is 5. The first-order valence-electron chi connectivity index (χ1n) is 11.9. The fourth-order valence-corrected chi connectivity index (χ4v) is 4.10. The minimum atomic E-state index is 0.167. The van der Waals surface area contributed by atoms with E-state index in [2.05, 4.69) is 74.0 Å². The predicted octanol–water partition coefficient (Wildman–Crippen LogP) is 4.37. The molecular weight excluding hydrogens is 412 g/mol. The maximum atomic E-state index is 5.32. The van der Waals surface area contributed by atoms with Crippen LogP contribution in [0.15, 0.2) is 58.0 Å². The van der Waals surface area contributed by atoms with Gasteiger partial charge in [-0.05, 0) is 61.6 Å². The average Bonchev–Trinajstić information content (AvgIpc) is 3.56. The van der Waals surface area contributed by atoms with Gasteiger partial charge in [0.25, 0.3) is 5.89 Å². The van der Waals surface area contributed by atoms with E-state index in [1.807, 2.05) is 26.1 Å². The molecule has 4 rings (SSSR count). The molecule has 174 valence electrons. The van der Waals surface area contributed by atoms with Crippen LogP contribution in [0, 0.1) is 0 Å². The average molecular weight is 447 g/mol. The number of aryl methyl sites for hydroxylation is 1. The lowest BCUT2D eigenvalue weighted by Gasteiger charge is -2.22. The van der Waals surface area contributed by atoms with E-state index in [0.29, 0.717) is 5.89 Å². The molecule has 1 aliphatic rings. The van der Waals surface area contributed by atoms with Crippen molar-refractivity contribution >= 4 is 11.6 Å². The van der Waals surface area contributed by atoms with Gasteiger partial charge in [-0.3, -0.25) is 4.99 Å². The number of nitrogens with zero attached hydrogens (tertiary/aromatic N) is 4. The summed E-state index contributed by atoms with van der Waals surface area (Å²) in [7, 11) is 1.81. The van der Waals surface area contributed by atoms with Crippen LogP contribution in [0.4, 0.5) is 5.69 Å². The van der Waals surface area contributed by atoms with E-state index in [1.165, 1.54) is 29.7 Å². The molecule has 33 heavy (non-hydrogen) atoms. The van der Waals surface area contributed by atoms with Gasteiger partial charge in [0.2, 0.25) is 0 Å². The Labute approximate surface area is 196 Å². The molecule has 0 spiro atoms. The molecule has 3 aromatic rings. The van der Waals surface area contributed by atoms with E-state index in [9.17, 15) is 0 Å². The lowest BCUT2D eigenvalue weighted by molar-refractivity contribution is 0.423. The third-order valence-electron chi connectivity index (χ3n) is 6.11. The summed E-state index contributed by atoms with van der Waals surface area (Å²) in [4.78, 5) is 11.3. The fourth-order valence-electron chi connectivity index (χ4n) is 4.10. The van der Waals surface area contributed by atoms with Gasteiger partial charge in [0.1, 0.15) is 0 Å². The predicted molar refractivity (Wildman–Crippen MR) is 134 cm³/mol. The van der Waals surface area contributed by atoms with Crippen LogP contribution in [-0.2, 0) is 12.8 Å². The minimum Gasteiger partial charge on any atom is -0.372 e. The summed E-state index contributed by atoms with van der Waals surface area (Å²) in [6.07, 6.45) is 4.23. The lowest BCUT2D eigenvalue weighted by Crippen LogP contribution is -2.39. The van der Waals surface area contributed by atoms with Crippen molar-refractivity contribution in [3.63, 3.8) is 0 Å². The van der Waals surface area contributed by atoms with E-state index in [1.54, 1.807) is 0 Å². The Bertz CT molecular complexity index is 1050. The number of rotatable bonds is 8. The number of nitrogens with one attached hydrogen (secondary N) is 2. The maximum Gasteiger partial charge on any atom is 0.257 e. The Morgan fingerprint density at radius 2 is 1.94 bits per heavy atom. The first-order valence-corrected chi connectivity index (χ1v) is 11.9. The van der Waals surface area contributed by atoms with Crippen molar-refractivity contribution in [3.8, 4) is 11.5 Å². The summed E-state index contributed by atoms with van der Waals surface area (Å²) in [5.41, 5.74) is 4.77. The molecule has 2 heterocycles. The molecule has 1 aromatic heterocycles. The largest absolute Gasteiger partial charge is 0.372 e. The molecule has 0 saturated carbocycles. The number of aromatic nitrogens is 2. The van der Waals surface area contributed by atoms with Crippen LogP contribution in [0.1, 0.15) is 49.7 Å². The van der Waals surface area contributed by atoms with Crippen molar-refractivity contribution in [3.05, 3.63) is 65.5 Å². The highest BCUT2D eigenvalue weighted by Gasteiger charge is 2.14. The lowest BCUT2D eigenvalue weighted by atomic mass is 10.1. The second-order valence-corrected chi connectivity index (χ2v) is 8.47. The Kier molecular flexibility index (Phi) is 7.60. The van der Waals surface area contributed by atoms with Crippen LogP contribution >= 0.6 is 0 Å². The van der Waals surface area contributed by atoms with E-state index < -0.39 is 0 Å². The quantitative estimate of drug-likeness (QED) is 0.395. The Hall–Kier alpha value is -3.35. The smallest absolute Gasteiger partial charge is 0.257 e. The molecule has 0 amide bonds. The summed E-state index contributed by atoms with van der Waals surface area (Å²) in [6, 6.07) is 17.3. The molecule has 2 N–H and O–H groups in total. The van der Waals surface area contributed by atoms with Gasteiger partial charge in [-0.1, -0.05) is 36.3 Å². The Morgan fingerprint density at radius 1 is 1.15 bits per heavy atom. The van der Waals surface area contributed by atoms with Crippen LogP contribution in [0.5, 0.6) is 0 Å². The van der Waals surface area contributed by atoms with Gasteiger partial charge in [-0.25, -0.2) is 0 Å². The minimum absolute atomic E-state index is 0.167. The molecule has 7 nitrogen and oxygen atoms in total. The van der Waals surface area contributed by atoms with E-state index >= 15 is 0 Å². The van der Waals surface area contributed by atoms with Crippen LogP contribution in [-0.4, -0.2) is 42.8 Å². The van der Waals surface area contributed by atoms with Crippen molar-refractivity contribution in [2.45, 2.75) is 45.6 Å². The normalized spacial score (nSPS) is 15.0. The van der Waals surface area contributed by atoms with Gasteiger partial charge in [-0.15, -0.1) is 0 Å². The molecule has 1 atom stereocenters. The van der Waals surface area contributed by atoms with E-state index in [-0.39, 0.29) is 6.04 Å². The van der Waals surface area contributed by atoms with Gasteiger partial charge < -0.3 is 20.1 Å². The molecule has 1 aliphatic heterocycles. The number of hydrogen-bond donors (Lipinski definition) is 2. The van der Waals surface area contributed by atoms with E-state index in [0.717, 1.165) is 49.8 Å². The summed E-state index contributed by atoms with van der Waals surface area (Å²) in [5.74, 6) is 2.11. The summed E-state index contributed by atoms with van der Waals surface area (Å²) in [5, 5.41) is 10.9. The summed E-state index contributed by atoms with van der Waals surface area (Å²) >= 11 is 0. The highest BCUT2D eigenvalue weighted by Crippen LogP contribution is 2.24. The van der Waals surface area contributed by atoms with Crippen LogP contribution in [0.3, 0.4) is 0 Å². The molecule has 1 fully saturated rings. The standard InChI is InChI=1S/C26H34N6O/c1-4-24-30-25(33-31-24)21-12-10-20(11-13-21)14-15-28-26(27-3)29-19(2)22-8-7-9-23(18-22)32-16-5-6-17-32/h7-13,18-19H,4-6,14-17H2,1-3H3,(H2,27,28,29). The van der Waals surface area contributed by atoms with Gasteiger partial charge >= 0.3 is 0 Å². The van der Waals surface area contributed by atoms with E-state index in [4.69, 9.17) is 4.52 Å². The van der Waals surface area contributed by atoms with Crippen molar-refractivity contribution in [1.82, 2.24) is 20.8 Å². The van der Waals surface area contributed by atoms with Gasteiger partial charge in [0.15, 0.2) is 11.8 Å². The molecular formula is C26H34N6O. The second-order valence-electron chi connectivity index (χ2n) is 8.47. The number of aliphatic imine (C=N–C) groups is 1. The second kappa shape index (κ2) is 11.0. The van der Waals surface area contributed by atoms with Crippen molar-refractivity contribution < 1.29 is 4.52 Å². The van der Waals surface area contributed by atoms with Gasteiger partial charge in [-0.2, -0.15) is 4.98 Å². The molecule has 1 saturated heterocycles. The molecule has 2 aromatic carbocycles. The highest BCUT2D eigenvalue weighted by atomic mass is 16.5. The van der Waals surface area contributed by atoms with Crippen LogP contribution in [0.2, 0.25) is 0 Å². The zero-order chi connectivity index (χ0) is 23.0. The zero-order valence-corrected chi connectivity index (χ0v) is 19.8. The summed E-state index contributed by atoms with van der Waals surface area (Å²) < 4.78 is 5.32. The van der Waals surface area contributed by atoms with Crippen molar-refractivity contribution in [2.75, 3.05) is 31.6 Å². The summed E-state index contributed by atoms with van der Waals surface area (Å²) in [6.45, 7) is 7.30. The fraction of sp³-hybridized carbons (Fsp3) is 0.423. The maximum absolute atomic E-state index is 5.32. The monoisotopic (exact) mass is 446 g/mol. The van der Waals surface area contributed by atoms with Crippen molar-refractivity contribution in [1.29, 1.82) is 0 Å². The van der Waals surface area contributed by atoms with Gasteiger partial charge in [0.05, 0.1) is 6.04 Å². The highest BCUT2D eigenvalue weighted by molar-refractivity contribution is 5.80. The number of anilines is 1. The van der Waals surface area contributed by atoms with Crippen molar-refractivity contribution in [2.24, 2.45) is 4.99 Å². The third-order valence-corrected chi connectivity index (χ3v) is 6.11. The zero-order valence-electron chi connectivity index (χ0n) is 19.8. The Balaban J connectivity index is 1.27. The first kappa shape index (κ1) is 22.8. The van der Waals surface area contributed by atoms with Gasteiger partial charge in [0, 0.05) is 44.4 Å². The van der Waals surface area contributed by atoms with Crippen LogP contribution < -0.4 is 15.5 Å². The molecule has 0 aliphatic carbocycles.